The van der Waals surface area contributed by atoms with Crippen LogP contribution < -0.4 is 0 Å². The van der Waals surface area contributed by atoms with Crippen molar-refractivity contribution in [1.29, 1.82) is 0 Å². The third kappa shape index (κ3) is 2.76. The summed E-state index contributed by atoms with van der Waals surface area (Å²) < 4.78 is 0. The van der Waals surface area contributed by atoms with E-state index >= 15 is 0 Å². The third-order valence-corrected chi connectivity index (χ3v) is 2.81. The highest BCUT2D eigenvalue weighted by Gasteiger charge is 2.24. The minimum Gasteiger partial charge on any atom is -0.477 e. The number of hydrogen-bond acceptors (Lipinski definition) is 3. The summed E-state index contributed by atoms with van der Waals surface area (Å²) >= 11 is 5.88. The number of halogens is 1. The lowest BCUT2D eigenvalue weighted by atomic mass is 9.96. The average Bonchev–Trinajstić information content (AvgIpc) is 2.73. The van der Waals surface area contributed by atoms with Crippen LogP contribution in [0.25, 0.3) is 11.3 Å². The second-order valence-electron chi connectivity index (χ2n) is 5.26. The maximum absolute atomic E-state index is 11.3. The predicted octanol–water partition coefficient (Wildman–Crippen LogP) is 3.12. The number of aromatic amines is 1. The van der Waals surface area contributed by atoms with Gasteiger partial charge >= 0.3 is 5.97 Å². The van der Waals surface area contributed by atoms with Crippen molar-refractivity contribution in [3.63, 3.8) is 0 Å². The van der Waals surface area contributed by atoms with E-state index in [1.165, 1.54) is 6.20 Å². The number of carbonyl (C=O) groups is 1. The molecule has 2 aromatic rings. The largest absolute Gasteiger partial charge is 0.477 e. The monoisotopic (exact) mass is 279 g/mol. The summed E-state index contributed by atoms with van der Waals surface area (Å²) in [6.07, 6.45) is 3.03. The van der Waals surface area contributed by atoms with E-state index in [0.29, 0.717) is 22.1 Å². The molecule has 2 aromatic heterocycles. The van der Waals surface area contributed by atoms with Crippen molar-refractivity contribution >= 4 is 17.6 Å². The number of carboxylic acids is 1. The summed E-state index contributed by atoms with van der Waals surface area (Å²) in [5.74, 6) is -0.446. The number of aromatic nitrogens is 3. The highest BCUT2D eigenvalue weighted by atomic mass is 35.5. The van der Waals surface area contributed by atoms with E-state index in [1.807, 2.05) is 20.8 Å². The van der Waals surface area contributed by atoms with Gasteiger partial charge in [-0.05, 0) is 6.07 Å². The summed E-state index contributed by atoms with van der Waals surface area (Å²) in [7, 11) is 0. The molecule has 0 bridgehead atoms. The van der Waals surface area contributed by atoms with E-state index in [2.05, 4.69) is 15.0 Å². The topological polar surface area (TPSA) is 78.9 Å². The molecular formula is C13H14ClN3O2. The van der Waals surface area contributed by atoms with Gasteiger partial charge in [0.2, 0.25) is 0 Å². The van der Waals surface area contributed by atoms with Crippen LogP contribution in [0, 0.1) is 0 Å². The molecule has 0 aromatic carbocycles. The van der Waals surface area contributed by atoms with Crippen LogP contribution in [0.1, 0.15) is 37.1 Å². The van der Waals surface area contributed by atoms with Gasteiger partial charge in [-0.1, -0.05) is 32.4 Å². The van der Waals surface area contributed by atoms with Crippen molar-refractivity contribution in [3.8, 4) is 11.3 Å². The Bertz CT molecular complexity index is 629. The van der Waals surface area contributed by atoms with E-state index in [4.69, 9.17) is 11.6 Å². The zero-order valence-corrected chi connectivity index (χ0v) is 11.6. The van der Waals surface area contributed by atoms with E-state index in [1.54, 1.807) is 12.3 Å². The molecule has 2 N–H and O–H groups in total. The van der Waals surface area contributed by atoms with Gasteiger partial charge in [0, 0.05) is 23.4 Å². The van der Waals surface area contributed by atoms with E-state index in [0.717, 1.165) is 0 Å². The van der Waals surface area contributed by atoms with Gasteiger partial charge in [-0.3, -0.25) is 4.98 Å². The molecule has 0 atom stereocenters. The molecule has 100 valence electrons. The van der Waals surface area contributed by atoms with Crippen molar-refractivity contribution in [2.75, 3.05) is 0 Å². The molecule has 2 rings (SSSR count). The van der Waals surface area contributed by atoms with Crippen LogP contribution >= 0.6 is 11.6 Å². The number of hydrogen-bond donors (Lipinski definition) is 2. The molecule has 0 aliphatic heterocycles. The van der Waals surface area contributed by atoms with Crippen molar-refractivity contribution in [2.45, 2.75) is 26.2 Å². The van der Waals surface area contributed by atoms with Crippen LogP contribution in [0.15, 0.2) is 18.5 Å². The predicted molar refractivity (Wildman–Crippen MR) is 72.5 cm³/mol. The van der Waals surface area contributed by atoms with Crippen molar-refractivity contribution in [2.24, 2.45) is 0 Å². The summed E-state index contributed by atoms with van der Waals surface area (Å²) in [5, 5.41) is 9.69. The highest BCUT2D eigenvalue weighted by Crippen LogP contribution is 2.27. The number of H-pyrrole nitrogens is 1. The van der Waals surface area contributed by atoms with Gasteiger partial charge < -0.3 is 10.1 Å². The number of aromatic carboxylic acids is 1. The molecule has 6 heteroatoms. The summed E-state index contributed by atoms with van der Waals surface area (Å²) in [6, 6.07) is 1.64. The Balaban J connectivity index is 2.62. The lowest BCUT2D eigenvalue weighted by molar-refractivity contribution is 0.0692. The Morgan fingerprint density at radius 1 is 1.37 bits per heavy atom. The SMILES string of the molecule is CC(C)(C)c1nc(-c2cncc(Cl)c2)c(C(=O)O)[nH]1. The fourth-order valence-electron chi connectivity index (χ4n) is 1.63. The van der Waals surface area contributed by atoms with Crippen LogP contribution in [0.5, 0.6) is 0 Å². The molecule has 0 saturated heterocycles. The first-order chi connectivity index (χ1) is 8.79. The smallest absolute Gasteiger partial charge is 0.354 e. The second kappa shape index (κ2) is 4.66. The first-order valence-corrected chi connectivity index (χ1v) is 6.11. The van der Waals surface area contributed by atoms with Crippen LogP contribution in [-0.2, 0) is 5.41 Å². The van der Waals surface area contributed by atoms with Gasteiger partial charge in [0.15, 0.2) is 5.69 Å². The molecular weight excluding hydrogens is 266 g/mol. The Morgan fingerprint density at radius 2 is 2.05 bits per heavy atom. The van der Waals surface area contributed by atoms with Crippen LogP contribution in [0.3, 0.4) is 0 Å². The normalized spacial score (nSPS) is 11.6. The molecule has 0 radical (unpaired) electrons. The van der Waals surface area contributed by atoms with Gasteiger partial charge in [0.05, 0.1) is 5.02 Å². The Morgan fingerprint density at radius 3 is 2.58 bits per heavy atom. The molecule has 0 spiro atoms. The zero-order valence-electron chi connectivity index (χ0n) is 10.9. The highest BCUT2D eigenvalue weighted by molar-refractivity contribution is 6.30. The van der Waals surface area contributed by atoms with Gasteiger partial charge in [-0.25, -0.2) is 9.78 Å². The number of carboxylic acid groups (broad SMARTS) is 1. The van der Waals surface area contributed by atoms with Crippen molar-refractivity contribution in [1.82, 2.24) is 15.0 Å². The minimum atomic E-state index is -1.06. The quantitative estimate of drug-likeness (QED) is 0.885. The molecule has 0 aliphatic carbocycles. The summed E-state index contributed by atoms with van der Waals surface area (Å²) in [5.41, 5.74) is 0.715. The first-order valence-electron chi connectivity index (χ1n) is 5.74. The molecule has 19 heavy (non-hydrogen) atoms. The van der Waals surface area contributed by atoms with Crippen LogP contribution in [0.2, 0.25) is 5.02 Å². The molecule has 0 fully saturated rings. The molecule has 0 unspecified atom stereocenters. The number of rotatable bonds is 2. The van der Waals surface area contributed by atoms with Gasteiger partial charge in [-0.2, -0.15) is 0 Å². The van der Waals surface area contributed by atoms with Crippen LogP contribution in [0.4, 0.5) is 0 Å². The third-order valence-electron chi connectivity index (χ3n) is 2.61. The Labute approximate surface area is 115 Å². The fraction of sp³-hybridized carbons (Fsp3) is 0.308. The van der Waals surface area contributed by atoms with Crippen LogP contribution in [-0.4, -0.2) is 26.0 Å². The number of nitrogens with zero attached hydrogens (tertiary/aromatic N) is 2. The fourth-order valence-corrected chi connectivity index (χ4v) is 1.81. The van der Waals surface area contributed by atoms with Gasteiger partial charge in [0.1, 0.15) is 11.5 Å². The molecule has 5 nitrogen and oxygen atoms in total. The lowest BCUT2D eigenvalue weighted by Gasteiger charge is -2.13. The van der Waals surface area contributed by atoms with E-state index in [9.17, 15) is 9.90 Å². The zero-order chi connectivity index (χ0) is 14.2. The number of imidazole rings is 1. The van der Waals surface area contributed by atoms with Crippen molar-refractivity contribution in [3.05, 3.63) is 35.0 Å². The molecule has 2 heterocycles. The average molecular weight is 280 g/mol. The van der Waals surface area contributed by atoms with Gasteiger partial charge in [0.25, 0.3) is 0 Å². The molecule has 0 aliphatic rings. The maximum Gasteiger partial charge on any atom is 0.354 e. The number of pyridine rings is 1. The molecule has 0 saturated carbocycles. The van der Waals surface area contributed by atoms with E-state index < -0.39 is 5.97 Å². The standard InChI is InChI=1S/C13H14ClN3O2/c1-13(2,3)12-16-9(10(17-12)11(18)19)7-4-8(14)6-15-5-7/h4-6H,1-3H3,(H,16,17)(H,18,19). The summed E-state index contributed by atoms with van der Waals surface area (Å²) in [6.45, 7) is 5.87. The van der Waals surface area contributed by atoms with Crippen molar-refractivity contribution < 1.29 is 9.90 Å². The first kappa shape index (κ1) is 13.5. The van der Waals surface area contributed by atoms with E-state index in [-0.39, 0.29) is 11.1 Å². The lowest BCUT2D eigenvalue weighted by Crippen LogP contribution is -2.13. The minimum absolute atomic E-state index is 0.0500. The Kier molecular flexibility index (Phi) is 3.32. The number of nitrogens with one attached hydrogen (secondary N) is 1. The Hall–Kier alpha value is -1.88. The van der Waals surface area contributed by atoms with Gasteiger partial charge in [-0.15, -0.1) is 0 Å². The summed E-state index contributed by atoms with van der Waals surface area (Å²) in [4.78, 5) is 22.5. The second-order valence-corrected chi connectivity index (χ2v) is 5.69. The maximum atomic E-state index is 11.3. The molecule has 0 amide bonds.